The molecule has 0 saturated heterocycles. The van der Waals surface area contributed by atoms with Crippen LogP contribution < -0.4 is 5.32 Å². The molecule has 1 unspecified atom stereocenters. The molecule has 0 bridgehead atoms. The number of halogens is 1. The van der Waals surface area contributed by atoms with Crippen LogP contribution in [0.5, 0.6) is 0 Å². The van der Waals surface area contributed by atoms with E-state index < -0.39 is 0 Å². The number of benzene rings is 1. The molecule has 0 saturated carbocycles. The van der Waals surface area contributed by atoms with Gasteiger partial charge >= 0.3 is 0 Å². The Bertz CT molecular complexity index is 493. The summed E-state index contributed by atoms with van der Waals surface area (Å²) < 4.78 is 1.12. The van der Waals surface area contributed by atoms with Gasteiger partial charge < -0.3 is 5.32 Å². The largest absolute Gasteiger partial charge is 0.319 e. The Labute approximate surface area is 121 Å². The Kier molecular flexibility index (Phi) is 4.92. The number of nitrogens with one attached hydrogen (secondary N) is 1. The number of hydrogen-bond acceptors (Lipinski definition) is 3. The molecule has 0 fully saturated rings. The van der Waals surface area contributed by atoms with Crippen LogP contribution in [0.25, 0.3) is 0 Å². The number of aryl methyl sites for hydroxylation is 1. The molecule has 0 radical (unpaired) electrons. The van der Waals surface area contributed by atoms with E-state index in [9.17, 15) is 0 Å². The molecule has 1 heterocycles. The van der Waals surface area contributed by atoms with Crippen LogP contribution in [0.1, 0.15) is 22.2 Å². The highest BCUT2D eigenvalue weighted by Gasteiger charge is 2.13. The summed E-state index contributed by atoms with van der Waals surface area (Å²) in [4.78, 5) is 4.56. The van der Waals surface area contributed by atoms with Gasteiger partial charge in [-0.3, -0.25) is 0 Å². The number of likely N-dealkylation sites (N-methyl/N-ethyl adjacent to an activating group) is 1. The minimum atomic E-state index is 0.480. The van der Waals surface area contributed by atoms with Gasteiger partial charge in [-0.25, -0.2) is 4.98 Å². The molecule has 96 valence electrons. The summed E-state index contributed by atoms with van der Waals surface area (Å²) in [6.45, 7) is 3.02. The molecule has 0 amide bonds. The van der Waals surface area contributed by atoms with E-state index >= 15 is 0 Å². The molecular weight excluding hydrogens is 308 g/mol. The van der Waals surface area contributed by atoms with Crippen molar-refractivity contribution in [3.8, 4) is 0 Å². The summed E-state index contributed by atoms with van der Waals surface area (Å²) in [5, 5.41) is 6.61. The minimum Gasteiger partial charge on any atom is -0.319 e. The fourth-order valence-corrected chi connectivity index (χ4v) is 3.11. The van der Waals surface area contributed by atoms with Crippen LogP contribution in [-0.4, -0.2) is 18.6 Å². The van der Waals surface area contributed by atoms with E-state index in [2.05, 4.69) is 55.9 Å². The zero-order valence-electron chi connectivity index (χ0n) is 10.6. The molecule has 0 aliphatic heterocycles. The smallest absolute Gasteiger partial charge is 0.0934 e. The fourth-order valence-electron chi connectivity index (χ4n) is 2.00. The second kappa shape index (κ2) is 6.45. The van der Waals surface area contributed by atoms with Crippen molar-refractivity contribution in [1.29, 1.82) is 0 Å². The Morgan fingerprint density at radius 2 is 2.06 bits per heavy atom. The first-order chi connectivity index (χ1) is 8.69. The van der Waals surface area contributed by atoms with E-state index in [0.717, 1.165) is 23.1 Å². The molecule has 2 aromatic rings. The van der Waals surface area contributed by atoms with E-state index in [-0.39, 0.29) is 0 Å². The van der Waals surface area contributed by atoms with Gasteiger partial charge in [0.15, 0.2) is 0 Å². The third-order valence-corrected chi connectivity index (χ3v) is 4.40. The lowest BCUT2D eigenvalue weighted by atomic mass is 9.96. The fraction of sp³-hybridized carbons (Fsp3) is 0.357. The number of aromatic nitrogens is 1. The maximum absolute atomic E-state index is 4.56. The predicted octanol–water partition coefficient (Wildman–Crippen LogP) is 3.76. The van der Waals surface area contributed by atoms with E-state index in [1.165, 1.54) is 10.6 Å². The summed E-state index contributed by atoms with van der Waals surface area (Å²) in [5.41, 5.74) is 2.48. The summed E-state index contributed by atoms with van der Waals surface area (Å²) in [7, 11) is 2.00. The zero-order valence-corrected chi connectivity index (χ0v) is 13.0. The van der Waals surface area contributed by atoms with Crippen LogP contribution in [0.3, 0.4) is 0 Å². The maximum Gasteiger partial charge on any atom is 0.0934 e. The monoisotopic (exact) mass is 324 g/mol. The summed E-state index contributed by atoms with van der Waals surface area (Å²) in [6.07, 6.45) is 1.00. The third kappa shape index (κ3) is 3.64. The van der Waals surface area contributed by atoms with Gasteiger partial charge in [0.1, 0.15) is 0 Å². The van der Waals surface area contributed by atoms with Crippen LogP contribution in [0.4, 0.5) is 0 Å². The predicted molar refractivity (Wildman–Crippen MR) is 81.4 cm³/mol. The molecule has 2 rings (SSSR count). The quantitative estimate of drug-likeness (QED) is 0.905. The molecular formula is C14H17BrN2S. The second-order valence-corrected chi connectivity index (χ2v) is 6.25. The Morgan fingerprint density at radius 3 is 2.61 bits per heavy atom. The highest BCUT2D eigenvalue weighted by Crippen LogP contribution is 2.23. The van der Waals surface area contributed by atoms with Gasteiger partial charge in [0.05, 0.1) is 5.01 Å². The van der Waals surface area contributed by atoms with Crippen molar-refractivity contribution in [3.63, 3.8) is 0 Å². The van der Waals surface area contributed by atoms with Crippen molar-refractivity contribution in [3.05, 3.63) is 50.4 Å². The van der Waals surface area contributed by atoms with Gasteiger partial charge in [-0.2, -0.15) is 0 Å². The highest BCUT2D eigenvalue weighted by molar-refractivity contribution is 9.10. The molecule has 1 aromatic carbocycles. The third-order valence-electron chi connectivity index (χ3n) is 2.88. The number of nitrogens with zero attached hydrogens (tertiary/aromatic N) is 1. The molecule has 1 N–H and O–H groups in total. The normalized spacial score (nSPS) is 12.6. The summed E-state index contributed by atoms with van der Waals surface area (Å²) in [5.74, 6) is 0.480. The Balaban J connectivity index is 2.14. The number of thiazole rings is 1. The van der Waals surface area contributed by atoms with E-state index in [1.54, 1.807) is 11.3 Å². The molecule has 0 aliphatic rings. The molecule has 18 heavy (non-hydrogen) atoms. The summed E-state index contributed by atoms with van der Waals surface area (Å²) in [6, 6.07) is 8.58. The molecule has 1 atom stereocenters. The van der Waals surface area contributed by atoms with Crippen molar-refractivity contribution < 1.29 is 0 Å². The van der Waals surface area contributed by atoms with Crippen LogP contribution in [-0.2, 0) is 6.42 Å². The zero-order chi connectivity index (χ0) is 13.0. The van der Waals surface area contributed by atoms with Crippen molar-refractivity contribution in [2.24, 2.45) is 0 Å². The molecule has 4 heteroatoms. The van der Waals surface area contributed by atoms with Gasteiger partial charge in [-0.05, 0) is 31.7 Å². The van der Waals surface area contributed by atoms with Crippen molar-refractivity contribution in [2.45, 2.75) is 19.3 Å². The lowest BCUT2D eigenvalue weighted by molar-refractivity contribution is 0.623. The molecule has 1 aromatic heterocycles. The van der Waals surface area contributed by atoms with Crippen molar-refractivity contribution in [2.75, 3.05) is 13.6 Å². The van der Waals surface area contributed by atoms with Gasteiger partial charge in [0.25, 0.3) is 0 Å². The SMILES string of the molecule is CNCC(Cc1nc(C)cs1)c1ccc(Br)cc1. The van der Waals surface area contributed by atoms with Crippen LogP contribution in [0.2, 0.25) is 0 Å². The van der Waals surface area contributed by atoms with Gasteiger partial charge in [-0.1, -0.05) is 28.1 Å². The maximum atomic E-state index is 4.56. The first kappa shape index (κ1) is 13.7. The summed E-state index contributed by atoms with van der Waals surface area (Å²) >= 11 is 5.23. The highest BCUT2D eigenvalue weighted by atomic mass is 79.9. The minimum absolute atomic E-state index is 0.480. The first-order valence-corrected chi connectivity index (χ1v) is 7.67. The van der Waals surface area contributed by atoms with Gasteiger partial charge in [-0.15, -0.1) is 11.3 Å². The van der Waals surface area contributed by atoms with Gasteiger partial charge in [0.2, 0.25) is 0 Å². The Hall–Kier alpha value is -0.710. The van der Waals surface area contributed by atoms with Gasteiger partial charge in [0, 0.05) is 34.4 Å². The second-order valence-electron chi connectivity index (χ2n) is 4.39. The van der Waals surface area contributed by atoms with Crippen molar-refractivity contribution >= 4 is 27.3 Å². The standard InChI is InChI=1S/C14H17BrN2S/c1-10-9-18-14(17-10)7-12(8-16-2)11-3-5-13(15)6-4-11/h3-6,9,12,16H,7-8H2,1-2H3. The van der Waals surface area contributed by atoms with Crippen LogP contribution >= 0.6 is 27.3 Å². The topological polar surface area (TPSA) is 24.9 Å². The average molecular weight is 325 g/mol. The van der Waals surface area contributed by atoms with E-state index in [0.29, 0.717) is 5.92 Å². The average Bonchev–Trinajstić information content (AvgIpc) is 2.75. The van der Waals surface area contributed by atoms with Crippen LogP contribution in [0.15, 0.2) is 34.1 Å². The van der Waals surface area contributed by atoms with E-state index in [1.807, 2.05) is 14.0 Å². The first-order valence-electron chi connectivity index (χ1n) is 6.00. The lowest BCUT2D eigenvalue weighted by Crippen LogP contribution is -2.19. The lowest BCUT2D eigenvalue weighted by Gasteiger charge is -2.15. The molecule has 0 aliphatic carbocycles. The number of hydrogen-bond donors (Lipinski definition) is 1. The molecule has 2 nitrogen and oxygen atoms in total. The number of rotatable bonds is 5. The van der Waals surface area contributed by atoms with Crippen LogP contribution in [0, 0.1) is 6.92 Å². The molecule has 0 spiro atoms. The Morgan fingerprint density at radius 1 is 1.33 bits per heavy atom. The van der Waals surface area contributed by atoms with E-state index in [4.69, 9.17) is 0 Å². The van der Waals surface area contributed by atoms with Crippen molar-refractivity contribution in [1.82, 2.24) is 10.3 Å².